The zero-order valence-electron chi connectivity index (χ0n) is 12.7. The van der Waals surface area contributed by atoms with E-state index in [9.17, 15) is 0 Å². The number of nitrogens with zero attached hydrogens (tertiary/aromatic N) is 1. The fourth-order valence-electron chi connectivity index (χ4n) is 2.41. The quantitative estimate of drug-likeness (QED) is 0.897. The summed E-state index contributed by atoms with van der Waals surface area (Å²) in [6.45, 7) is 8.50. The Balaban J connectivity index is 2.10. The molecule has 1 unspecified atom stereocenters. The van der Waals surface area contributed by atoms with Crippen LogP contribution in [-0.2, 0) is 0 Å². The van der Waals surface area contributed by atoms with Gasteiger partial charge in [0, 0.05) is 17.0 Å². The summed E-state index contributed by atoms with van der Waals surface area (Å²) in [4.78, 5) is 5.81. The number of benzene rings is 1. The van der Waals surface area contributed by atoms with Crippen molar-refractivity contribution >= 4 is 11.3 Å². The van der Waals surface area contributed by atoms with Gasteiger partial charge in [0.2, 0.25) is 0 Å². The summed E-state index contributed by atoms with van der Waals surface area (Å²) in [5.74, 6) is 0.897. The van der Waals surface area contributed by atoms with Crippen LogP contribution in [0, 0.1) is 13.8 Å². The lowest BCUT2D eigenvalue weighted by molar-refractivity contribution is 0.412. The van der Waals surface area contributed by atoms with E-state index in [4.69, 9.17) is 4.74 Å². The Morgan fingerprint density at radius 3 is 2.55 bits per heavy atom. The Morgan fingerprint density at radius 1 is 1.20 bits per heavy atom. The molecule has 1 aromatic carbocycles. The normalized spacial score (nSPS) is 14.1. The minimum Gasteiger partial charge on any atom is -0.497 e. The monoisotopic (exact) mass is 290 g/mol. The maximum atomic E-state index is 5.28. The van der Waals surface area contributed by atoms with Gasteiger partial charge in [-0.15, -0.1) is 11.3 Å². The average Bonchev–Trinajstić information content (AvgIpc) is 2.77. The zero-order chi connectivity index (χ0) is 14.7. The fourth-order valence-corrected chi connectivity index (χ4v) is 3.35. The van der Waals surface area contributed by atoms with Crippen LogP contribution in [-0.4, -0.2) is 12.1 Å². The molecule has 0 saturated carbocycles. The third kappa shape index (κ3) is 3.38. The van der Waals surface area contributed by atoms with E-state index < -0.39 is 0 Å². The van der Waals surface area contributed by atoms with E-state index in [1.165, 1.54) is 10.4 Å². The number of rotatable bonds is 5. The summed E-state index contributed by atoms with van der Waals surface area (Å²) in [6, 6.07) is 8.76. The average molecular weight is 290 g/mol. The van der Waals surface area contributed by atoms with Gasteiger partial charge in [0.15, 0.2) is 0 Å². The lowest BCUT2D eigenvalue weighted by Gasteiger charge is -2.20. The van der Waals surface area contributed by atoms with Crippen molar-refractivity contribution < 1.29 is 4.74 Å². The molecule has 0 spiro atoms. The summed E-state index contributed by atoms with van der Waals surface area (Å²) in [6.07, 6.45) is 0. The molecule has 0 amide bonds. The number of hydrogen-bond acceptors (Lipinski definition) is 4. The summed E-state index contributed by atoms with van der Waals surface area (Å²) < 4.78 is 5.28. The summed E-state index contributed by atoms with van der Waals surface area (Å²) >= 11 is 1.77. The highest BCUT2D eigenvalue weighted by Crippen LogP contribution is 2.27. The molecule has 2 rings (SSSR count). The number of methoxy groups -OCH3 is 1. The Labute approximate surface area is 125 Å². The number of ether oxygens (including phenoxy) is 1. The predicted octanol–water partition coefficient (Wildman–Crippen LogP) is 4.18. The lowest BCUT2D eigenvalue weighted by atomic mass is 10.1. The van der Waals surface area contributed by atoms with Gasteiger partial charge >= 0.3 is 0 Å². The molecule has 3 nitrogen and oxygen atoms in total. The van der Waals surface area contributed by atoms with E-state index >= 15 is 0 Å². The molecule has 0 bridgehead atoms. The first-order chi connectivity index (χ1) is 9.51. The Bertz CT molecular complexity index is 580. The molecule has 1 N–H and O–H groups in total. The molecular formula is C16H22N2OS. The summed E-state index contributed by atoms with van der Waals surface area (Å²) in [5, 5.41) is 4.76. The second-order valence-corrected chi connectivity index (χ2v) is 6.30. The van der Waals surface area contributed by atoms with Crippen LogP contribution >= 0.6 is 11.3 Å². The van der Waals surface area contributed by atoms with E-state index in [0.29, 0.717) is 6.04 Å². The highest BCUT2D eigenvalue weighted by molar-refractivity contribution is 7.11. The van der Waals surface area contributed by atoms with Gasteiger partial charge in [-0.25, -0.2) is 4.98 Å². The second kappa shape index (κ2) is 6.37. The van der Waals surface area contributed by atoms with Gasteiger partial charge in [-0.3, -0.25) is 0 Å². The molecule has 4 heteroatoms. The third-order valence-corrected chi connectivity index (χ3v) is 4.68. The van der Waals surface area contributed by atoms with E-state index in [1.807, 2.05) is 12.1 Å². The molecule has 20 heavy (non-hydrogen) atoms. The van der Waals surface area contributed by atoms with Gasteiger partial charge in [-0.1, -0.05) is 12.1 Å². The Kier molecular flexibility index (Phi) is 4.78. The van der Waals surface area contributed by atoms with E-state index in [0.717, 1.165) is 16.5 Å². The van der Waals surface area contributed by atoms with Crippen LogP contribution in [0.1, 0.15) is 47.1 Å². The third-order valence-electron chi connectivity index (χ3n) is 3.43. The van der Waals surface area contributed by atoms with Crippen LogP contribution < -0.4 is 10.1 Å². The molecule has 1 aromatic heterocycles. The molecule has 0 aliphatic rings. The first kappa shape index (κ1) is 15.0. The number of aryl methyl sites for hydroxylation is 2. The van der Waals surface area contributed by atoms with Gasteiger partial charge in [-0.05, 0) is 45.4 Å². The lowest BCUT2D eigenvalue weighted by Crippen LogP contribution is -2.22. The summed E-state index contributed by atoms with van der Waals surface area (Å²) in [5.41, 5.74) is 2.36. The second-order valence-electron chi connectivity index (χ2n) is 5.07. The number of nitrogens with one attached hydrogen (secondary N) is 1. The SMILES string of the molecule is COc1cccc([C@@H](C)NC(C)c2sc(C)nc2C)c1. The van der Waals surface area contributed by atoms with Crippen LogP contribution in [0.5, 0.6) is 5.75 Å². The van der Waals surface area contributed by atoms with Gasteiger partial charge in [0.25, 0.3) is 0 Å². The van der Waals surface area contributed by atoms with Crippen LogP contribution in [0.2, 0.25) is 0 Å². The van der Waals surface area contributed by atoms with Crippen molar-refractivity contribution in [3.05, 3.63) is 45.4 Å². The van der Waals surface area contributed by atoms with Crippen molar-refractivity contribution in [2.24, 2.45) is 0 Å². The van der Waals surface area contributed by atoms with Gasteiger partial charge in [-0.2, -0.15) is 0 Å². The van der Waals surface area contributed by atoms with Crippen LogP contribution in [0.25, 0.3) is 0 Å². The number of aromatic nitrogens is 1. The molecule has 0 fully saturated rings. The molecule has 108 valence electrons. The van der Waals surface area contributed by atoms with E-state index in [2.05, 4.69) is 50.1 Å². The molecule has 0 radical (unpaired) electrons. The van der Waals surface area contributed by atoms with Gasteiger partial charge in [0.05, 0.1) is 17.8 Å². The maximum absolute atomic E-state index is 5.28. The molecule has 0 aliphatic carbocycles. The Morgan fingerprint density at radius 2 is 1.95 bits per heavy atom. The highest BCUT2D eigenvalue weighted by Gasteiger charge is 2.16. The highest BCUT2D eigenvalue weighted by atomic mass is 32.1. The van der Waals surface area contributed by atoms with Crippen molar-refractivity contribution in [3.63, 3.8) is 0 Å². The van der Waals surface area contributed by atoms with E-state index in [1.54, 1.807) is 18.4 Å². The molecule has 1 heterocycles. The molecule has 2 aromatic rings. The molecular weight excluding hydrogens is 268 g/mol. The van der Waals surface area contributed by atoms with Crippen molar-refractivity contribution in [2.75, 3.05) is 7.11 Å². The summed E-state index contributed by atoms with van der Waals surface area (Å²) in [7, 11) is 1.70. The number of thiazole rings is 1. The van der Waals surface area contributed by atoms with Crippen molar-refractivity contribution in [3.8, 4) is 5.75 Å². The number of hydrogen-bond donors (Lipinski definition) is 1. The molecule has 2 atom stereocenters. The minimum atomic E-state index is 0.266. The predicted molar refractivity (Wildman–Crippen MR) is 84.5 cm³/mol. The topological polar surface area (TPSA) is 34.1 Å². The van der Waals surface area contributed by atoms with Crippen LogP contribution in [0.4, 0.5) is 0 Å². The first-order valence-electron chi connectivity index (χ1n) is 6.85. The van der Waals surface area contributed by atoms with Gasteiger partial charge in [0.1, 0.15) is 5.75 Å². The van der Waals surface area contributed by atoms with Crippen molar-refractivity contribution in [1.82, 2.24) is 10.3 Å². The van der Waals surface area contributed by atoms with Crippen molar-refractivity contribution in [1.29, 1.82) is 0 Å². The minimum absolute atomic E-state index is 0.266. The van der Waals surface area contributed by atoms with Gasteiger partial charge < -0.3 is 10.1 Å². The standard InChI is InChI=1S/C16H22N2OS/c1-10(14-7-6-8-15(9-14)19-5)17-11(2)16-12(3)18-13(4)20-16/h6-11,17H,1-5H3/t10-,11?/m1/s1. The van der Waals surface area contributed by atoms with Crippen LogP contribution in [0.3, 0.4) is 0 Å². The zero-order valence-corrected chi connectivity index (χ0v) is 13.5. The van der Waals surface area contributed by atoms with Crippen molar-refractivity contribution in [2.45, 2.75) is 39.8 Å². The fraction of sp³-hybridized carbons (Fsp3) is 0.438. The maximum Gasteiger partial charge on any atom is 0.119 e. The molecule has 0 aliphatic heterocycles. The molecule has 0 saturated heterocycles. The first-order valence-corrected chi connectivity index (χ1v) is 7.67. The van der Waals surface area contributed by atoms with Crippen LogP contribution in [0.15, 0.2) is 24.3 Å². The smallest absolute Gasteiger partial charge is 0.119 e. The Hall–Kier alpha value is -1.39. The largest absolute Gasteiger partial charge is 0.497 e. The van der Waals surface area contributed by atoms with E-state index in [-0.39, 0.29) is 6.04 Å².